The fourth-order valence-electron chi connectivity index (χ4n) is 1.77. The first-order valence-electron chi connectivity index (χ1n) is 6.62. The van der Waals surface area contributed by atoms with Crippen molar-refractivity contribution in [3.05, 3.63) is 58.0 Å². The van der Waals surface area contributed by atoms with Crippen LogP contribution in [0.25, 0.3) is 0 Å². The van der Waals surface area contributed by atoms with Crippen LogP contribution in [-0.4, -0.2) is 31.2 Å². The number of rotatable bonds is 3. The number of amides is 2. The molecule has 1 aromatic carbocycles. The molecule has 0 bridgehead atoms. The number of cyclic esters (lactones) is 1. The number of hydrogen-bond acceptors (Lipinski definition) is 3. The van der Waals surface area contributed by atoms with E-state index < -0.39 is 6.09 Å². The van der Waals surface area contributed by atoms with E-state index in [0.717, 1.165) is 12.1 Å². The predicted molar refractivity (Wildman–Crippen MR) is 87.8 cm³/mol. The molecule has 1 fully saturated rings. The Bertz CT molecular complexity index is 507. The van der Waals surface area contributed by atoms with Crippen molar-refractivity contribution in [3.8, 4) is 0 Å². The fraction of sp³-hybridized carbons (Fsp3) is 0.294. The molecule has 134 valence electrons. The van der Waals surface area contributed by atoms with Gasteiger partial charge in [0.1, 0.15) is 6.10 Å². The van der Waals surface area contributed by atoms with Crippen LogP contribution >= 0.6 is 0 Å². The third-order valence-corrected chi connectivity index (χ3v) is 2.61. The second-order valence-electron chi connectivity index (χ2n) is 4.48. The molecule has 1 heterocycles. The standard InChI is InChI=1S/C13H14N2O3.C3H6.CH3.V.W.Y/c1-9-4-3-5-11(6-9)15-8-12(18-13(15)17)7-14-10(2)16;1-3-2;;;;/h3,5-6,12H,1,7-8H2,2H3,(H,14,16);1-3H2;1H3;;;/q2*-2;-1;2*+2;/t12-;;;;;/m0...../s1. The van der Waals surface area contributed by atoms with Crippen molar-refractivity contribution in [3.63, 3.8) is 0 Å². The van der Waals surface area contributed by atoms with Crippen LogP contribution in [-0.2, 0) is 81.9 Å². The molecule has 1 aliphatic heterocycles. The van der Waals surface area contributed by atoms with Crippen LogP contribution in [0.3, 0.4) is 0 Å². The Morgan fingerprint density at radius 3 is 2.52 bits per heavy atom. The van der Waals surface area contributed by atoms with Gasteiger partial charge >= 0.3 is 45.7 Å². The van der Waals surface area contributed by atoms with Crippen LogP contribution < -0.4 is 10.2 Å². The monoisotopic (exact) mass is 627 g/mol. The number of hydrogen-bond donors (Lipinski definition) is 1. The maximum Gasteiger partial charge on any atom is 2.00 e. The van der Waals surface area contributed by atoms with Crippen LogP contribution in [0.15, 0.2) is 18.2 Å². The van der Waals surface area contributed by atoms with Gasteiger partial charge in [-0.05, 0) is 0 Å². The van der Waals surface area contributed by atoms with E-state index in [2.05, 4.69) is 32.2 Å². The molecule has 8 heteroatoms. The summed E-state index contributed by atoms with van der Waals surface area (Å²) in [7, 11) is 0. The first-order valence-corrected chi connectivity index (χ1v) is 6.62. The maximum atomic E-state index is 11.7. The first kappa shape index (κ1) is 32.8. The van der Waals surface area contributed by atoms with Gasteiger partial charge in [0, 0.05) is 39.6 Å². The van der Waals surface area contributed by atoms with Gasteiger partial charge in [0.25, 0.3) is 0 Å². The molecule has 0 spiro atoms. The van der Waals surface area contributed by atoms with Crippen LogP contribution in [0.1, 0.15) is 18.9 Å². The molecule has 0 saturated carbocycles. The van der Waals surface area contributed by atoms with Crippen molar-refractivity contribution in [2.45, 2.75) is 19.4 Å². The zero-order chi connectivity index (χ0) is 15.8. The maximum absolute atomic E-state index is 11.7. The molecule has 1 aliphatic rings. The van der Waals surface area contributed by atoms with Crippen molar-refractivity contribution in [1.82, 2.24) is 5.32 Å². The molecular formula is C17H23N2O3VWY-. The number of ether oxygens (including phenoxy) is 1. The van der Waals surface area contributed by atoms with Gasteiger partial charge in [0.15, 0.2) is 0 Å². The summed E-state index contributed by atoms with van der Waals surface area (Å²) in [6, 6.07) is 8.17. The largest absolute Gasteiger partial charge is 2.00 e. The topological polar surface area (TPSA) is 58.6 Å². The Morgan fingerprint density at radius 1 is 1.48 bits per heavy atom. The Hall–Kier alpha value is 0.207. The van der Waals surface area contributed by atoms with E-state index in [9.17, 15) is 9.59 Å². The van der Waals surface area contributed by atoms with Gasteiger partial charge in [-0.2, -0.15) is 6.07 Å². The third-order valence-electron chi connectivity index (χ3n) is 2.61. The third kappa shape index (κ3) is 12.3. The molecule has 1 atom stereocenters. The molecule has 0 aromatic heterocycles. The second-order valence-corrected chi connectivity index (χ2v) is 4.48. The molecule has 5 nitrogen and oxygen atoms in total. The number of anilines is 1. The van der Waals surface area contributed by atoms with E-state index >= 15 is 0 Å². The van der Waals surface area contributed by atoms with Gasteiger partial charge in [0.05, 0.1) is 13.1 Å². The average Bonchev–Trinajstić information content (AvgIpc) is 2.79. The van der Waals surface area contributed by atoms with Gasteiger partial charge in [0.2, 0.25) is 5.91 Å². The SMILES string of the molecule is [CH2-]C[CH2-].[CH2-]c1[c-]ccc(N2C[C@H](CNC(C)=O)OC2=O)c1.[CH3-].[V+2].[W+2].[Y]. The van der Waals surface area contributed by atoms with Crippen LogP contribution in [0.5, 0.6) is 0 Å². The Balaban J connectivity index is -0.000000295. The summed E-state index contributed by atoms with van der Waals surface area (Å²) in [5, 5.41) is 2.63. The average molecular weight is 627 g/mol. The van der Waals surface area contributed by atoms with E-state index in [0.29, 0.717) is 18.7 Å². The summed E-state index contributed by atoms with van der Waals surface area (Å²) in [4.78, 5) is 24.0. The van der Waals surface area contributed by atoms with E-state index in [1.807, 2.05) is 0 Å². The Labute approximate surface area is 203 Å². The van der Waals surface area contributed by atoms with Crippen LogP contribution in [0.2, 0.25) is 0 Å². The van der Waals surface area contributed by atoms with Crippen molar-refractivity contribution < 1.29 is 86.7 Å². The zero-order valence-corrected chi connectivity index (χ0v) is 21.8. The molecule has 2 radical (unpaired) electrons. The zero-order valence-electron chi connectivity index (χ0n) is 14.7. The van der Waals surface area contributed by atoms with E-state index in [4.69, 9.17) is 4.74 Å². The number of nitrogens with zero attached hydrogens (tertiary/aromatic N) is 1. The Morgan fingerprint density at radius 2 is 2.04 bits per heavy atom. The number of carbonyl (C=O) groups excluding carboxylic acids is 2. The molecular weight excluding hydrogens is 604 g/mol. The molecule has 25 heavy (non-hydrogen) atoms. The summed E-state index contributed by atoms with van der Waals surface area (Å²) < 4.78 is 5.16. The Kier molecular flexibility index (Phi) is 23.1. The fourth-order valence-corrected chi connectivity index (χ4v) is 1.77. The number of nitrogens with one attached hydrogen (secondary N) is 1. The second kappa shape index (κ2) is 17.6. The molecule has 1 saturated heterocycles. The first-order chi connectivity index (χ1) is 9.97. The summed E-state index contributed by atoms with van der Waals surface area (Å²) in [6.07, 6.45) is 0.0230. The minimum Gasteiger partial charge on any atom is -0.442 e. The quantitative estimate of drug-likeness (QED) is 0.525. The minimum absolute atomic E-state index is 0. The van der Waals surface area contributed by atoms with Crippen molar-refractivity contribution >= 4 is 17.7 Å². The molecule has 2 amide bonds. The minimum atomic E-state index is -0.407. The summed E-state index contributed by atoms with van der Waals surface area (Å²) in [5.74, 6) is -0.140. The van der Waals surface area contributed by atoms with Gasteiger partial charge < -0.3 is 56.3 Å². The molecule has 0 unspecified atom stereocenters. The molecule has 1 N–H and O–H groups in total. The van der Waals surface area contributed by atoms with Crippen molar-refractivity contribution in [2.24, 2.45) is 0 Å². The number of benzene rings is 1. The summed E-state index contributed by atoms with van der Waals surface area (Å²) in [5.41, 5.74) is 1.44. The van der Waals surface area contributed by atoms with Gasteiger partial charge in [-0.3, -0.25) is 15.8 Å². The van der Waals surface area contributed by atoms with Gasteiger partial charge in [-0.1, -0.05) is 11.8 Å². The summed E-state index contributed by atoms with van der Waals surface area (Å²) >= 11 is 0. The summed E-state index contributed by atoms with van der Waals surface area (Å²) in [6.45, 7) is 12.7. The van der Waals surface area contributed by atoms with Crippen LogP contribution in [0, 0.1) is 34.3 Å². The van der Waals surface area contributed by atoms with Gasteiger partial charge in [-0.15, -0.1) is 0 Å². The normalized spacial score (nSPS) is 14.1. The van der Waals surface area contributed by atoms with Crippen molar-refractivity contribution in [1.29, 1.82) is 0 Å². The molecule has 0 aliphatic carbocycles. The van der Waals surface area contributed by atoms with Crippen molar-refractivity contribution in [2.75, 3.05) is 18.0 Å². The van der Waals surface area contributed by atoms with E-state index in [1.165, 1.54) is 11.8 Å². The molecule has 2 rings (SSSR count). The van der Waals surface area contributed by atoms with Crippen LogP contribution in [0.4, 0.5) is 10.5 Å². The van der Waals surface area contributed by atoms with E-state index in [1.54, 1.807) is 18.2 Å². The number of carbonyl (C=O) groups is 2. The predicted octanol–water partition coefficient (Wildman–Crippen LogP) is 2.62. The molecule has 1 aromatic rings. The van der Waals surface area contributed by atoms with E-state index in [-0.39, 0.29) is 91.8 Å². The smallest absolute Gasteiger partial charge is 0.442 e. The van der Waals surface area contributed by atoms with Gasteiger partial charge in [-0.25, -0.2) is 4.79 Å².